The summed E-state index contributed by atoms with van der Waals surface area (Å²) in [5.41, 5.74) is 4.10. The van der Waals surface area contributed by atoms with Gasteiger partial charge in [0.05, 0.1) is 6.61 Å². The number of ether oxygens (including phenoxy) is 1. The minimum absolute atomic E-state index is 0.0494. The van der Waals surface area contributed by atoms with Crippen LogP contribution < -0.4 is 9.30 Å². The first-order valence-corrected chi connectivity index (χ1v) is 11.1. The number of rotatable bonds is 10. The summed E-state index contributed by atoms with van der Waals surface area (Å²) in [4.78, 5) is 12.5. The molecule has 4 rings (SSSR count). The molecule has 3 aromatic carbocycles. The normalized spacial score (nSPS) is 10.6. The Labute approximate surface area is 189 Å². The standard InChI is InChI=1S/C29H28NO2/c31-29(26-10-5-2-6-11-26)27-18-21-30(22-19-27)20-7-23-32-28-16-14-25(15-17-28)13-12-24-8-3-1-4-9-24/h1-6,8-11,14-19,21-22H,7,12-13,20,23H2/q+1. The number of nitrogens with zero attached hydrogens (tertiary/aromatic N) is 1. The highest BCUT2D eigenvalue weighted by molar-refractivity contribution is 6.08. The fourth-order valence-electron chi connectivity index (χ4n) is 3.64. The molecule has 0 fully saturated rings. The van der Waals surface area contributed by atoms with E-state index in [1.165, 1.54) is 11.1 Å². The first-order chi connectivity index (χ1) is 15.8. The quantitative estimate of drug-likeness (QED) is 0.193. The second kappa shape index (κ2) is 11.1. The van der Waals surface area contributed by atoms with Gasteiger partial charge >= 0.3 is 0 Å². The van der Waals surface area contributed by atoms with Gasteiger partial charge in [-0.05, 0) is 36.1 Å². The lowest BCUT2D eigenvalue weighted by Crippen LogP contribution is -2.33. The van der Waals surface area contributed by atoms with Crippen LogP contribution in [0.25, 0.3) is 0 Å². The van der Waals surface area contributed by atoms with E-state index < -0.39 is 0 Å². The van der Waals surface area contributed by atoms with Crippen molar-refractivity contribution in [1.29, 1.82) is 0 Å². The summed E-state index contributed by atoms with van der Waals surface area (Å²) in [6.45, 7) is 1.50. The van der Waals surface area contributed by atoms with Gasteiger partial charge in [0.15, 0.2) is 24.7 Å². The Morgan fingerprint density at radius 2 is 1.22 bits per heavy atom. The second-order valence-electron chi connectivity index (χ2n) is 7.85. The van der Waals surface area contributed by atoms with Gasteiger partial charge in [-0.2, -0.15) is 0 Å². The maximum absolute atomic E-state index is 12.5. The molecule has 0 atom stereocenters. The number of carbonyl (C=O) groups excluding carboxylic acids is 1. The van der Waals surface area contributed by atoms with Crippen molar-refractivity contribution in [2.24, 2.45) is 0 Å². The summed E-state index contributed by atoms with van der Waals surface area (Å²) in [6.07, 6.45) is 6.89. The second-order valence-corrected chi connectivity index (χ2v) is 7.85. The molecule has 0 N–H and O–H groups in total. The average molecular weight is 423 g/mol. The molecular weight excluding hydrogens is 394 g/mol. The molecule has 0 bridgehead atoms. The number of hydrogen-bond acceptors (Lipinski definition) is 2. The molecule has 0 saturated heterocycles. The van der Waals surface area contributed by atoms with E-state index in [1.807, 2.05) is 54.9 Å². The van der Waals surface area contributed by atoms with E-state index in [4.69, 9.17) is 4.74 Å². The highest BCUT2D eigenvalue weighted by Crippen LogP contribution is 2.14. The van der Waals surface area contributed by atoms with Crippen molar-refractivity contribution in [3.8, 4) is 5.75 Å². The monoisotopic (exact) mass is 422 g/mol. The van der Waals surface area contributed by atoms with Crippen LogP contribution in [-0.2, 0) is 19.4 Å². The maximum atomic E-state index is 12.5. The maximum Gasteiger partial charge on any atom is 0.193 e. The van der Waals surface area contributed by atoms with Gasteiger partial charge in [-0.3, -0.25) is 4.79 Å². The first kappa shape index (κ1) is 21.5. The zero-order valence-corrected chi connectivity index (χ0v) is 18.2. The number of pyridine rings is 1. The van der Waals surface area contributed by atoms with Gasteiger partial charge < -0.3 is 4.74 Å². The van der Waals surface area contributed by atoms with Gasteiger partial charge in [0.25, 0.3) is 0 Å². The molecule has 0 aliphatic heterocycles. The minimum Gasteiger partial charge on any atom is -0.493 e. The molecule has 1 aromatic heterocycles. The van der Waals surface area contributed by atoms with E-state index >= 15 is 0 Å². The van der Waals surface area contributed by atoms with Crippen LogP contribution in [0.4, 0.5) is 0 Å². The van der Waals surface area contributed by atoms with E-state index in [0.29, 0.717) is 17.7 Å². The van der Waals surface area contributed by atoms with Crippen molar-refractivity contribution < 1.29 is 14.1 Å². The Hall–Kier alpha value is -3.72. The predicted molar refractivity (Wildman–Crippen MR) is 127 cm³/mol. The zero-order chi connectivity index (χ0) is 22.0. The van der Waals surface area contributed by atoms with Gasteiger partial charge in [0.2, 0.25) is 0 Å². The average Bonchev–Trinajstić information content (AvgIpc) is 2.87. The molecule has 32 heavy (non-hydrogen) atoms. The van der Waals surface area contributed by atoms with E-state index in [9.17, 15) is 4.79 Å². The van der Waals surface area contributed by atoms with Gasteiger partial charge in [-0.15, -0.1) is 0 Å². The Kier molecular flexibility index (Phi) is 7.43. The largest absolute Gasteiger partial charge is 0.493 e. The van der Waals surface area contributed by atoms with Gasteiger partial charge in [-0.1, -0.05) is 72.8 Å². The SMILES string of the molecule is O=C(c1ccccc1)c1cc[n+](CCCOc2ccc(CCc3ccccc3)cc2)cc1. The van der Waals surface area contributed by atoms with E-state index in [2.05, 4.69) is 59.2 Å². The molecule has 0 spiro atoms. The number of carbonyl (C=O) groups is 1. The van der Waals surface area contributed by atoms with Crippen LogP contribution in [0.1, 0.15) is 33.5 Å². The summed E-state index contributed by atoms with van der Waals surface area (Å²) in [5, 5.41) is 0. The molecule has 160 valence electrons. The Morgan fingerprint density at radius 1 is 0.656 bits per heavy atom. The van der Waals surface area contributed by atoms with Crippen molar-refractivity contribution in [3.63, 3.8) is 0 Å². The van der Waals surface area contributed by atoms with Crippen molar-refractivity contribution in [3.05, 3.63) is 132 Å². The molecule has 4 aromatic rings. The van der Waals surface area contributed by atoms with Crippen molar-refractivity contribution in [1.82, 2.24) is 0 Å². The Morgan fingerprint density at radius 3 is 1.88 bits per heavy atom. The third kappa shape index (κ3) is 6.14. The third-order valence-corrected chi connectivity index (χ3v) is 5.49. The Balaban J connectivity index is 1.19. The summed E-state index contributed by atoms with van der Waals surface area (Å²) in [6, 6.07) is 32.1. The molecule has 0 aliphatic rings. The summed E-state index contributed by atoms with van der Waals surface area (Å²) in [5.74, 6) is 0.954. The number of hydrogen-bond donors (Lipinski definition) is 0. The highest BCUT2D eigenvalue weighted by atomic mass is 16.5. The molecule has 0 saturated carbocycles. The topological polar surface area (TPSA) is 30.2 Å². The zero-order valence-electron chi connectivity index (χ0n) is 18.2. The van der Waals surface area contributed by atoms with Crippen LogP contribution in [0.2, 0.25) is 0 Å². The first-order valence-electron chi connectivity index (χ1n) is 11.1. The highest BCUT2D eigenvalue weighted by Gasteiger charge is 2.10. The fraction of sp³-hybridized carbons (Fsp3) is 0.172. The Bertz CT molecular complexity index is 1110. The summed E-state index contributed by atoms with van der Waals surface area (Å²) >= 11 is 0. The van der Waals surface area contributed by atoms with E-state index in [0.717, 1.165) is 31.6 Å². The van der Waals surface area contributed by atoms with E-state index in [1.54, 1.807) is 0 Å². The smallest absolute Gasteiger partial charge is 0.193 e. The molecule has 1 heterocycles. The van der Waals surface area contributed by atoms with Crippen LogP contribution in [0, 0.1) is 0 Å². The fourth-order valence-corrected chi connectivity index (χ4v) is 3.64. The lowest BCUT2D eigenvalue weighted by Gasteiger charge is -2.07. The molecule has 3 nitrogen and oxygen atoms in total. The number of aromatic nitrogens is 1. The molecule has 0 unspecified atom stereocenters. The van der Waals surface area contributed by atoms with Crippen molar-refractivity contribution in [2.45, 2.75) is 25.8 Å². The molecular formula is C29H28NO2+. The van der Waals surface area contributed by atoms with E-state index in [-0.39, 0.29) is 5.78 Å². The van der Waals surface area contributed by atoms with Crippen LogP contribution in [0.15, 0.2) is 109 Å². The van der Waals surface area contributed by atoms with Crippen LogP contribution in [0.5, 0.6) is 5.75 Å². The van der Waals surface area contributed by atoms with Gasteiger partial charge in [0.1, 0.15) is 5.75 Å². The molecule has 0 amide bonds. The number of aryl methyl sites for hydroxylation is 3. The van der Waals surface area contributed by atoms with Crippen molar-refractivity contribution in [2.75, 3.05) is 6.61 Å². The van der Waals surface area contributed by atoms with Crippen molar-refractivity contribution >= 4 is 5.78 Å². The molecule has 0 radical (unpaired) electrons. The lowest BCUT2D eigenvalue weighted by molar-refractivity contribution is -0.697. The summed E-state index contributed by atoms with van der Waals surface area (Å²) in [7, 11) is 0. The molecule has 3 heteroatoms. The number of benzene rings is 3. The van der Waals surface area contributed by atoms with Crippen LogP contribution >= 0.6 is 0 Å². The molecule has 0 aliphatic carbocycles. The van der Waals surface area contributed by atoms with Gasteiger partial charge in [-0.25, -0.2) is 4.57 Å². The predicted octanol–water partition coefficient (Wildman–Crippen LogP) is 5.46. The summed E-state index contributed by atoms with van der Waals surface area (Å²) < 4.78 is 7.98. The minimum atomic E-state index is 0.0494. The van der Waals surface area contributed by atoms with Crippen LogP contribution in [0.3, 0.4) is 0 Å². The number of ketones is 1. The third-order valence-electron chi connectivity index (χ3n) is 5.49. The van der Waals surface area contributed by atoms with Gasteiger partial charge in [0, 0.05) is 29.7 Å². The lowest BCUT2D eigenvalue weighted by atomic mass is 10.0. The van der Waals surface area contributed by atoms with Crippen LogP contribution in [-0.4, -0.2) is 12.4 Å².